The van der Waals surface area contributed by atoms with E-state index in [-0.39, 0.29) is 17.7 Å². The summed E-state index contributed by atoms with van der Waals surface area (Å²) in [4.78, 5) is 35.0. The van der Waals surface area contributed by atoms with Crippen molar-refractivity contribution in [2.24, 2.45) is 5.92 Å². The number of benzene rings is 2. The first-order chi connectivity index (χ1) is 18.8. The van der Waals surface area contributed by atoms with Crippen LogP contribution in [0.3, 0.4) is 0 Å². The van der Waals surface area contributed by atoms with Gasteiger partial charge in [-0.1, -0.05) is 54.1 Å². The predicted octanol–water partition coefficient (Wildman–Crippen LogP) is 6.46. The van der Waals surface area contributed by atoms with Crippen LogP contribution in [0.5, 0.6) is 5.75 Å². The van der Waals surface area contributed by atoms with E-state index < -0.39 is 5.60 Å². The lowest BCUT2D eigenvalue weighted by molar-refractivity contribution is -0.146. The molecule has 2 aliphatic heterocycles. The van der Waals surface area contributed by atoms with Crippen LogP contribution < -0.4 is 4.74 Å². The maximum absolute atomic E-state index is 13.3. The molecule has 8 heteroatoms. The number of carbonyl (C=O) groups is 2. The number of ether oxygens (including phenoxy) is 1. The molecule has 2 saturated heterocycles. The number of carbonyl (C=O) groups excluding carboxylic acids is 2. The predicted molar refractivity (Wildman–Crippen MR) is 156 cm³/mol. The van der Waals surface area contributed by atoms with Crippen LogP contribution in [-0.2, 0) is 11.2 Å². The number of aromatic nitrogens is 1. The summed E-state index contributed by atoms with van der Waals surface area (Å²) in [5.41, 5.74) is 0.910. The van der Waals surface area contributed by atoms with E-state index in [2.05, 4.69) is 30.3 Å². The minimum absolute atomic E-state index is 0.0433. The summed E-state index contributed by atoms with van der Waals surface area (Å²) in [5.74, 6) is 1.38. The summed E-state index contributed by atoms with van der Waals surface area (Å²) in [5, 5.41) is 3.39. The van der Waals surface area contributed by atoms with E-state index >= 15 is 0 Å². The Morgan fingerprint density at radius 3 is 2.28 bits per heavy atom. The molecular formula is C31H36ClN3O3S. The number of nitrogens with zero attached hydrogens (tertiary/aromatic N) is 3. The third-order valence-electron chi connectivity index (χ3n) is 7.86. The molecule has 0 N–H and O–H groups in total. The summed E-state index contributed by atoms with van der Waals surface area (Å²) in [6.07, 6.45) is 4.77. The number of piperidine rings is 2. The van der Waals surface area contributed by atoms with E-state index in [9.17, 15) is 9.59 Å². The molecule has 1 aromatic heterocycles. The molecule has 0 aliphatic carbocycles. The molecule has 0 radical (unpaired) electrons. The van der Waals surface area contributed by atoms with Crippen molar-refractivity contribution in [3.63, 3.8) is 0 Å². The highest BCUT2D eigenvalue weighted by Gasteiger charge is 2.37. The maximum atomic E-state index is 13.3. The van der Waals surface area contributed by atoms with Crippen LogP contribution in [0.25, 0.3) is 0 Å². The van der Waals surface area contributed by atoms with Gasteiger partial charge in [0.05, 0.1) is 10.0 Å². The average Bonchev–Trinajstić information content (AvgIpc) is 3.45. The van der Waals surface area contributed by atoms with Crippen molar-refractivity contribution in [1.82, 2.24) is 14.8 Å². The quantitative estimate of drug-likeness (QED) is 0.330. The van der Waals surface area contributed by atoms with Crippen molar-refractivity contribution in [2.45, 2.75) is 57.5 Å². The second-order valence-corrected chi connectivity index (χ2v) is 12.4. The SMILES string of the molecule is CC(C)(Oc1ccccc1Cl)C(=O)N1CCC(c2nc(C(=O)N3CCC(Cc4ccccc4)CC3)cs2)CC1. The first kappa shape index (κ1) is 27.7. The summed E-state index contributed by atoms with van der Waals surface area (Å²) < 4.78 is 6.01. The zero-order valence-corrected chi connectivity index (χ0v) is 24.2. The van der Waals surface area contributed by atoms with Crippen molar-refractivity contribution >= 4 is 34.8 Å². The molecule has 5 rings (SSSR count). The monoisotopic (exact) mass is 565 g/mol. The lowest BCUT2D eigenvalue weighted by atomic mass is 9.90. The molecule has 0 saturated carbocycles. The number of likely N-dealkylation sites (tertiary alicyclic amines) is 2. The lowest BCUT2D eigenvalue weighted by Crippen LogP contribution is -2.51. The highest BCUT2D eigenvalue weighted by molar-refractivity contribution is 7.09. The highest BCUT2D eigenvalue weighted by atomic mass is 35.5. The Hall–Kier alpha value is -2.90. The summed E-state index contributed by atoms with van der Waals surface area (Å²) >= 11 is 7.80. The first-order valence-corrected chi connectivity index (χ1v) is 15.1. The third kappa shape index (κ3) is 6.64. The Bertz CT molecular complexity index is 1280. The second kappa shape index (κ2) is 12.1. The Balaban J connectivity index is 1.11. The van der Waals surface area contributed by atoms with Gasteiger partial charge in [-0.25, -0.2) is 4.98 Å². The molecule has 0 atom stereocenters. The van der Waals surface area contributed by atoms with Gasteiger partial charge in [-0.15, -0.1) is 11.3 Å². The molecule has 6 nitrogen and oxygen atoms in total. The number of hydrogen-bond donors (Lipinski definition) is 0. The van der Waals surface area contributed by atoms with Crippen LogP contribution in [0.2, 0.25) is 5.02 Å². The molecule has 2 fully saturated rings. The van der Waals surface area contributed by atoms with Crippen molar-refractivity contribution in [1.29, 1.82) is 0 Å². The smallest absolute Gasteiger partial charge is 0.273 e. The fraction of sp³-hybridized carbons (Fsp3) is 0.452. The van der Waals surface area contributed by atoms with E-state index in [0.717, 1.165) is 50.2 Å². The van der Waals surface area contributed by atoms with Gasteiger partial charge in [-0.05, 0) is 69.6 Å². The molecule has 39 heavy (non-hydrogen) atoms. The fourth-order valence-corrected chi connectivity index (χ4v) is 6.72. The van der Waals surface area contributed by atoms with Gasteiger partial charge in [0.1, 0.15) is 11.4 Å². The van der Waals surface area contributed by atoms with Gasteiger partial charge < -0.3 is 14.5 Å². The van der Waals surface area contributed by atoms with E-state index in [4.69, 9.17) is 21.3 Å². The van der Waals surface area contributed by atoms with E-state index in [1.54, 1.807) is 37.3 Å². The van der Waals surface area contributed by atoms with Crippen LogP contribution in [0, 0.1) is 5.92 Å². The van der Waals surface area contributed by atoms with Crippen LogP contribution in [-0.4, -0.2) is 58.4 Å². The zero-order valence-electron chi connectivity index (χ0n) is 22.6. The van der Waals surface area contributed by atoms with Crippen LogP contribution in [0.1, 0.15) is 66.5 Å². The van der Waals surface area contributed by atoms with Gasteiger partial charge in [0.15, 0.2) is 5.60 Å². The fourth-order valence-electron chi connectivity index (χ4n) is 5.58. The maximum Gasteiger partial charge on any atom is 0.273 e. The number of rotatable bonds is 7. The minimum Gasteiger partial charge on any atom is -0.476 e. The molecule has 0 unspecified atom stereocenters. The normalized spacial score (nSPS) is 17.3. The summed E-state index contributed by atoms with van der Waals surface area (Å²) in [7, 11) is 0. The largest absolute Gasteiger partial charge is 0.476 e. The lowest BCUT2D eigenvalue weighted by Gasteiger charge is -2.36. The highest BCUT2D eigenvalue weighted by Crippen LogP contribution is 2.33. The molecule has 3 aromatic rings. The Labute approximate surface area is 239 Å². The molecule has 2 aliphatic rings. The molecule has 0 bridgehead atoms. The minimum atomic E-state index is -1.02. The van der Waals surface area contributed by atoms with E-state index in [1.165, 1.54) is 5.56 Å². The Morgan fingerprint density at radius 1 is 0.949 bits per heavy atom. The summed E-state index contributed by atoms with van der Waals surface area (Å²) in [6, 6.07) is 17.8. The standard InChI is InChI=1S/C31H36ClN3O3S/c1-31(2,38-27-11-7-6-10-25(27)32)30(37)35-18-14-24(15-19-35)28-33-26(21-39-28)29(36)34-16-12-23(13-17-34)20-22-8-4-3-5-9-22/h3-11,21,23-24H,12-20H2,1-2H3. The van der Waals surface area contributed by atoms with Gasteiger partial charge in [0.25, 0.3) is 11.8 Å². The van der Waals surface area contributed by atoms with Crippen molar-refractivity contribution in [2.75, 3.05) is 26.2 Å². The number of amides is 2. The molecule has 2 aromatic carbocycles. The number of thiazole rings is 1. The third-order valence-corrected chi connectivity index (χ3v) is 9.18. The zero-order chi connectivity index (χ0) is 27.4. The van der Waals surface area contributed by atoms with Crippen LogP contribution in [0.4, 0.5) is 0 Å². The van der Waals surface area contributed by atoms with Gasteiger partial charge in [0.2, 0.25) is 0 Å². The van der Waals surface area contributed by atoms with E-state index in [0.29, 0.717) is 35.5 Å². The van der Waals surface area contributed by atoms with Crippen molar-refractivity contribution < 1.29 is 14.3 Å². The number of hydrogen-bond acceptors (Lipinski definition) is 5. The van der Waals surface area contributed by atoms with Gasteiger partial charge in [-0.3, -0.25) is 9.59 Å². The average molecular weight is 566 g/mol. The first-order valence-electron chi connectivity index (χ1n) is 13.8. The number of halogens is 1. The topological polar surface area (TPSA) is 62.7 Å². The molecular weight excluding hydrogens is 530 g/mol. The van der Waals surface area contributed by atoms with Crippen molar-refractivity contribution in [3.05, 3.63) is 81.3 Å². The Kier molecular flexibility index (Phi) is 8.57. The van der Waals surface area contributed by atoms with Crippen LogP contribution >= 0.6 is 22.9 Å². The Morgan fingerprint density at radius 2 is 1.59 bits per heavy atom. The second-order valence-electron chi connectivity index (χ2n) is 11.1. The van der Waals surface area contributed by atoms with Gasteiger partial charge in [-0.2, -0.15) is 0 Å². The molecule has 2 amide bonds. The molecule has 0 spiro atoms. The molecule has 206 valence electrons. The molecule has 3 heterocycles. The number of para-hydroxylation sites is 1. The van der Waals surface area contributed by atoms with Gasteiger partial charge in [0, 0.05) is 37.5 Å². The van der Waals surface area contributed by atoms with E-state index in [1.807, 2.05) is 27.3 Å². The van der Waals surface area contributed by atoms with Gasteiger partial charge >= 0.3 is 0 Å². The summed E-state index contributed by atoms with van der Waals surface area (Å²) in [6.45, 7) is 6.42. The van der Waals surface area contributed by atoms with Crippen LogP contribution in [0.15, 0.2) is 60.0 Å². The van der Waals surface area contributed by atoms with Crippen molar-refractivity contribution in [3.8, 4) is 5.75 Å².